The fourth-order valence-corrected chi connectivity index (χ4v) is 1.93. The lowest BCUT2D eigenvalue weighted by atomic mass is 9.98. The van der Waals surface area contributed by atoms with E-state index in [0.29, 0.717) is 5.69 Å². The molecule has 19 heavy (non-hydrogen) atoms. The molecular weight excluding hydrogens is 257 g/mol. The number of aliphatic hydroxyl groups is 4. The van der Waals surface area contributed by atoms with Crippen LogP contribution in [0, 0.1) is 5.82 Å². The van der Waals surface area contributed by atoms with Gasteiger partial charge < -0.3 is 30.5 Å². The molecule has 1 aromatic carbocycles. The van der Waals surface area contributed by atoms with Gasteiger partial charge in [0.1, 0.15) is 30.2 Å². The summed E-state index contributed by atoms with van der Waals surface area (Å²) in [6.07, 6.45) is -6.20. The van der Waals surface area contributed by atoms with Gasteiger partial charge in [-0.15, -0.1) is 0 Å². The van der Waals surface area contributed by atoms with Gasteiger partial charge >= 0.3 is 0 Å². The van der Waals surface area contributed by atoms with Crippen molar-refractivity contribution in [2.75, 3.05) is 11.9 Å². The number of hydrogen-bond acceptors (Lipinski definition) is 6. The van der Waals surface area contributed by atoms with Gasteiger partial charge in [-0.1, -0.05) is 0 Å². The summed E-state index contributed by atoms with van der Waals surface area (Å²) < 4.78 is 18.0. The molecule has 5 atom stereocenters. The van der Waals surface area contributed by atoms with E-state index in [4.69, 9.17) is 9.84 Å². The van der Waals surface area contributed by atoms with Crippen molar-refractivity contribution < 1.29 is 29.6 Å². The number of halogens is 1. The molecular formula is C12H16FNO5. The van der Waals surface area contributed by atoms with Crippen molar-refractivity contribution in [3.8, 4) is 0 Å². The molecule has 0 unspecified atom stereocenters. The highest BCUT2D eigenvalue weighted by molar-refractivity contribution is 5.43. The molecule has 2 rings (SSSR count). The van der Waals surface area contributed by atoms with Crippen LogP contribution in [0.2, 0.25) is 0 Å². The largest absolute Gasteiger partial charge is 0.394 e. The van der Waals surface area contributed by atoms with E-state index in [1.54, 1.807) is 0 Å². The van der Waals surface area contributed by atoms with E-state index in [1.165, 1.54) is 24.3 Å². The Kier molecular flexibility index (Phi) is 4.33. The lowest BCUT2D eigenvalue weighted by Gasteiger charge is -2.40. The molecule has 0 aliphatic carbocycles. The Balaban J connectivity index is 2.08. The van der Waals surface area contributed by atoms with E-state index in [2.05, 4.69) is 5.32 Å². The highest BCUT2D eigenvalue weighted by Gasteiger charge is 2.43. The van der Waals surface area contributed by atoms with Crippen LogP contribution in [-0.4, -0.2) is 57.7 Å². The van der Waals surface area contributed by atoms with Crippen LogP contribution >= 0.6 is 0 Å². The summed E-state index contributed by atoms with van der Waals surface area (Å²) in [5, 5.41) is 40.8. The molecule has 106 valence electrons. The van der Waals surface area contributed by atoms with Gasteiger partial charge in [0.15, 0.2) is 6.23 Å². The van der Waals surface area contributed by atoms with Crippen LogP contribution in [0.1, 0.15) is 0 Å². The number of anilines is 1. The summed E-state index contributed by atoms with van der Waals surface area (Å²) in [7, 11) is 0. The molecule has 1 fully saturated rings. The molecule has 1 aromatic rings. The minimum Gasteiger partial charge on any atom is -0.394 e. The first-order valence-electron chi connectivity index (χ1n) is 5.85. The first-order chi connectivity index (χ1) is 9.02. The molecule has 1 heterocycles. The molecule has 0 radical (unpaired) electrons. The monoisotopic (exact) mass is 273 g/mol. The molecule has 5 N–H and O–H groups in total. The summed E-state index contributed by atoms with van der Waals surface area (Å²) >= 11 is 0. The fraction of sp³-hybridized carbons (Fsp3) is 0.500. The van der Waals surface area contributed by atoms with Crippen molar-refractivity contribution in [3.05, 3.63) is 30.1 Å². The molecule has 1 aliphatic heterocycles. The van der Waals surface area contributed by atoms with E-state index < -0.39 is 43.1 Å². The highest BCUT2D eigenvalue weighted by atomic mass is 19.1. The normalized spacial score (nSPS) is 35.1. The molecule has 6 nitrogen and oxygen atoms in total. The lowest BCUT2D eigenvalue weighted by molar-refractivity contribution is -0.221. The van der Waals surface area contributed by atoms with Gasteiger partial charge in [0.2, 0.25) is 0 Å². The third kappa shape index (κ3) is 3.02. The van der Waals surface area contributed by atoms with Crippen molar-refractivity contribution in [3.63, 3.8) is 0 Å². The summed E-state index contributed by atoms with van der Waals surface area (Å²) in [5.74, 6) is -0.403. The van der Waals surface area contributed by atoms with Crippen molar-refractivity contribution in [1.29, 1.82) is 0 Å². The number of hydrogen-bond donors (Lipinski definition) is 5. The number of benzene rings is 1. The number of aliphatic hydroxyl groups excluding tert-OH is 4. The summed E-state index contributed by atoms with van der Waals surface area (Å²) in [6.45, 7) is -0.494. The number of nitrogens with one attached hydrogen (secondary N) is 1. The Hall–Kier alpha value is -1.25. The topological polar surface area (TPSA) is 102 Å². The molecule has 0 aromatic heterocycles. The minimum absolute atomic E-state index is 0.403. The van der Waals surface area contributed by atoms with E-state index in [-0.39, 0.29) is 0 Å². The van der Waals surface area contributed by atoms with Crippen molar-refractivity contribution in [1.82, 2.24) is 0 Å². The molecule has 0 amide bonds. The summed E-state index contributed by atoms with van der Waals surface area (Å²) in [4.78, 5) is 0. The van der Waals surface area contributed by atoms with Crippen LogP contribution in [-0.2, 0) is 4.74 Å². The SMILES string of the molecule is OC[C@H]1O[C@@H](Nc2ccc(F)cc2)[C@H](O)[C@@H](O)[C@@H]1O. The smallest absolute Gasteiger partial charge is 0.157 e. The average molecular weight is 273 g/mol. The number of rotatable bonds is 3. The van der Waals surface area contributed by atoms with Gasteiger partial charge in [-0.25, -0.2) is 4.39 Å². The zero-order valence-electron chi connectivity index (χ0n) is 9.98. The highest BCUT2D eigenvalue weighted by Crippen LogP contribution is 2.22. The van der Waals surface area contributed by atoms with Crippen LogP contribution in [0.3, 0.4) is 0 Å². The van der Waals surface area contributed by atoms with Crippen LogP contribution in [0.15, 0.2) is 24.3 Å². The van der Waals surface area contributed by atoms with E-state index in [1.807, 2.05) is 0 Å². The maximum Gasteiger partial charge on any atom is 0.157 e. The van der Waals surface area contributed by atoms with Crippen LogP contribution in [0.25, 0.3) is 0 Å². The third-order valence-corrected chi connectivity index (χ3v) is 3.05. The van der Waals surface area contributed by atoms with E-state index >= 15 is 0 Å². The molecule has 7 heteroatoms. The third-order valence-electron chi connectivity index (χ3n) is 3.05. The summed E-state index contributed by atoms with van der Waals surface area (Å²) in [6, 6.07) is 5.34. The Morgan fingerprint density at radius 2 is 1.68 bits per heavy atom. The molecule has 1 aliphatic rings. The van der Waals surface area contributed by atoms with Crippen LogP contribution in [0.4, 0.5) is 10.1 Å². The van der Waals surface area contributed by atoms with Gasteiger partial charge in [-0.2, -0.15) is 0 Å². The zero-order chi connectivity index (χ0) is 14.0. The Morgan fingerprint density at radius 3 is 2.26 bits per heavy atom. The van der Waals surface area contributed by atoms with Gasteiger partial charge in [-0.3, -0.25) is 0 Å². The Morgan fingerprint density at radius 1 is 1.05 bits per heavy atom. The second-order valence-electron chi connectivity index (χ2n) is 4.40. The second-order valence-corrected chi connectivity index (χ2v) is 4.40. The lowest BCUT2D eigenvalue weighted by Crippen LogP contribution is -2.60. The minimum atomic E-state index is -1.44. The zero-order valence-corrected chi connectivity index (χ0v) is 9.98. The van der Waals surface area contributed by atoms with Crippen LogP contribution in [0.5, 0.6) is 0 Å². The molecule has 0 saturated carbocycles. The fourth-order valence-electron chi connectivity index (χ4n) is 1.93. The average Bonchev–Trinajstić information content (AvgIpc) is 2.42. The van der Waals surface area contributed by atoms with Gasteiger partial charge in [-0.05, 0) is 24.3 Å². The predicted octanol–water partition coefficient (Wildman–Crippen LogP) is -0.963. The van der Waals surface area contributed by atoms with Gasteiger partial charge in [0, 0.05) is 5.69 Å². The molecule has 1 saturated heterocycles. The van der Waals surface area contributed by atoms with Crippen molar-refractivity contribution >= 4 is 5.69 Å². The standard InChI is InChI=1S/C12H16FNO5/c13-6-1-3-7(4-2-6)14-12-11(18)10(17)9(16)8(5-15)19-12/h1-4,8-12,14-18H,5H2/t8-,9-,10+,11-,12-/m1/s1. The first-order valence-corrected chi connectivity index (χ1v) is 5.85. The Labute approximate surface area is 109 Å². The van der Waals surface area contributed by atoms with Crippen molar-refractivity contribution in [2.45, 2.75) is 30.6 Å². The van der Waals surface area contributed by atoms with E-state index in [9.17, 15) is 19.7 Å². The van der Waals surface area contributed by atoms with Gasteiger partial charge in [0.25, 0.3) is 0 Å². The van der Waals surface area contributed by atoms with E-state index in [0.717, 1.165) is 0 Å². The van der Waals surface area contributed by atoms with Crippen LogP contribution < -0.4 is 5.32 Å². The quantitative estimate of drug-likeness (QED) is 0.486. The summed E-state index contributed by atoms with van der Waals surface area (Å²) in [5.41, 5.74) is 0.478. The second kappa shape index (κ2) is 5.81. The first kappa shape index (κ1) is 14.2. The predicted molar refractivity (Wildman–Crippen MR) is 63.8 cm³/mol. The van der Waals surface area contributed by atoms with Gasteiger partial charge in [0.05, 0.1) is 6.61 Å². The molecule has 0 bridgehead atoms. The molecule has 0 spiro atoms. The van der Waals surface area contributed by atoms with Crippen molar-refractivity contribution in [2.24, 2.45) is 0 Å². The Bertz CT molecular complexity index is 413. The maximum absolute atomic E-state index is 12.8. The number of ether oxygens (including phenoxy) is 1. The maximum atomic E-state index is 12.8.